The third kappa shape index (κ3) is 5.74. The SMILES string of the molecule is CC(=O)N1CC(=O)N2CC[C@@H](CC(=O)N3CC[C@@H](O)C3)[C@@H](/C=C\COc3ccccc3C1)C2. The second-order valence-corrected chi connectivity index (χ2v) is 9.26. The van der Waals surface area contributed by atoms with Crippen molar-refractivity contribution in [3.8, 4) is 5.75 Å². The fourth-order valence-electron chi connectivity index (χ4n) is 4.94. The molecule has 3 heterocycles. The summed E-state index contributed by atoms with van der Waals surface area (Å²) in [5.41, 5.74) is 0.863. The van der Waals surface area contributed by atoms with Gasteiger partial charge in [0.25, 0.3) is 0 Å². The Balaban J connectivity index is 1.52. The number of aliphatic hydroxyl groups is 1. The molecule has 178 valence electrons. The topological polar surface area (TPSA) is 90.4 Å². The number of fused-ring (bicyclic) bond motifs is 3. The number of hydrogen-bond acceptors (Lipinski definition) is 5. The summed E-state index contributed by atoms with van der Waals surface area (Å²) in [6.45, 7) is 4.30. The summed E-state index contributed by atoms with van der Waals surface area (Å²) < 4.78 is 5.98. The number of carbonyl (C=O) groups is 3. The molecule has 3 atom stereocenters. The highest BCUT2D eigenvalue weighted by Crippen LogP contribution is 2.30. The van der Waals surface area contributed by atoms with Gasteiger partial charge in [-0.05, 0) is 30.7 Å². The lowest BCUT2D eigenvalue weighted by atomic mass is 9.82. The number of amides is 3. The monoisotopic (exact) mass is 455 g/mol. The molecule has 1 N–H and O–H groups in total. The molecule has 3 aliphatic heterocycles. The van der Waals surface area contributed by atoms with Gasteiger partial charge in [-0.15, -0.1) is 0 Å². The Hall–Kier alpha value is -2.87. The molecule has 8 nitrogen and oxygen atoms in total. The third-order valence-electron chi connectivity index (χ3n) is 6.94. The number of hydrogen-bond donors (Lipinski definition) is 1. The Bertz CT molecular complexity index is 917. The smallest absolute Gasteiger partial charge is 0.242 e. The van der Waals surface area contributed by atoms with Gasteiger partial charge in [0, 0.05) is 51.6 Å². The van der Waals surface area contributed by atoms with Crippen molar-refractivity contribution in [1.29, 1.82) is 0 Å². The molecular weight excluding hydrogens is 422 g/mol. The van der Waals surface area contributed by atoms with Gasteiger partial charge in [0.2, 0.25) is 17.7 Å². The van der Waals surface area contributed by atoms with E-state index in [-0.39, 0.29) is 36.1 Å². The van der Waals surface area contributed by atoms with Crippen molar-refractivity contribution >= 4 is 17.7 Å². The van der Waals surface area contributed by atoms with Crippen molar-refractivity contribution in [3.63, 3.8) is 0 Å². The van der Waals surface area contributed by atoms with Gasteiger partial charge in [-0.25, -0.2) is 0 Å². The van der Waals surface area contributed by atoms with E-state index in [9.17, 15) is 19.5 Å². The first-order valence-electron chi connectivity index (χ1n) is 11.8. The number of para-hydroxylation sites is 1. The summed E-state index contributed by atoms with van der Waals surface area (Å²) in [4.78, 5) is 43.3. The quantitative estimate of drug-likeness (QED) is 0.682. The molecule has 0 aliphatic carbocycles. The standard InChI is InChI=1S/C25H33N3O5/c1-18(29)28-15-21-5-2-3-7-23(21)33-12-4-6-20-14-26(25(32)17-28)10-8-19(20)13-24(31)27-11-9-22(30)16-27/h2-7,19-20,22,30H,8-17H2,1H3/b6-4-/t19-,20-,22+/m0/s1. The molecule has 33 heavy (non-hydrogen) atoms. The third-order valence-corrected chi connectivity index (χ3v) is 6.94. The molecule has 4 rings (SSSR count). The van der Waals surface area contributed by atoms with Crippen LogP contribution in [0, 0.1) is 11.8 Å². The van der Waals surface area contributed by atoms with Crippen molar-refractivity contribution in [2.75, 3.05) is 39.3 Å². The number of carbonyl (C=O) groups excluding carboxylic acids is 3. The predicted molar refractivity (Wildman–Crippen MR) is 122 cm³/mol. The molecule has 0 aromatic heterocycles. The van der Waals surface area contributed by atoms with Gasteiger partial charge >= 0.3 is 0 Å². The molecule has 1 aromatic rings. The van der Waals surface area contributed by atoms with Crippen LogP contribution < -0.4 is 4.74 Å². The number of ether oxygens (including phenoxy) is 1. The van der Waals surface area contributed by atoms with Gasteiger partial charge in [0.1, 0.15) is 18.9 Å². The average molecular weight is 456 g/mol. The molecule has 2 saturated heterocycles. The van der Waals surface area contributed by atoms with Crippen molar-refractivity contribution in [2.24, 2.45) is 11.8 Å². The Morgan fingerprint density at radius 3 is 2.67 bits per heavy atom. The highest BCUT2D eigenvalue weighted by Gasteiger charge is 2.34. The van der Waals surface area contributed by atoms with Crippen LogP contribution in [-0.2, 0) is 20.9 Å². The molecule has 0 radical (unpaired) electrons. The number of likely N-dealkylation sites (tertiary alicyclic amines) is 1. The van der Waals surface area contributed by atoms with Crippen LogP contribution in [0.15, 0.2) is 36.4 Å². The minimum Gasteiger partial charge on any atom is -0.489 e. The Kier molecular flexibility index (Phi) is 7.33. The van der Waals surface area contributed by atoms with E-state index in [2.05, 4.69) is 6.08 Å². The Morgan fingerprint density at radius 2 is 1.91 bits per heavy atom. The van der Waals surface area contributed by atoms with Crippen LogP contribution >= 0.6 is 0 Å². The van der Waals surface area contributed by atoms with E-state index in [1.165, 1.54) is 6.92 Å². The Labute approximate surface area is 194 Å². The summed E-state index contributed by atoms with van der Waals surface area (Å²) in [5, 5.41) is 9.76. The zero-order valence-corrected chi connectivity index (χ0v) is 19.2. The van der Waals surface area contributed by atoms with E-state index in [0.29, 0.717) is 57.9 Å². The van der Waals surface area contributed by atoms with Crippen LogP contribution in [0.1, 0.15) is 31.7 Å². The first-order chi connectivity index (χ1) is 15.9. The van der Waals surface area contributed by atoms with Crippen molar-refractivity contribution in [1.82, 2.24) is 14.7 Å². The molecule has 2 fully saturated rings. The maximum absolute atomic E-state index is 13.1. The van der Waals surface area contributed by atoms with Gasteiger partial charge in [-0.2, -0.15) is 0 Å². The molecule has 2 bridgehead atoms. The van der Waals surface area contributed by atoms with E-state index in [0.717, 1.165) is 12.0 Å². The molecule has 0 saturated carbocycles. The van der Waals surface area contributed by atoms with Crippen molar-refractivity contribution < 1.29 is 24.2 Å². The number of β-amino-alcohol motifs (C(OH)–C–C–N with tert-alkyl or cyclic N) is 1. The fourth-order valence-corrected chi connectivity index (χ4v) is 4.94. The number of rotatable bonds is 2. The van der Waals surface area contributed by atoms with Gasteiger partial charge < -0.3 is 24.5 Å². The summed E-state index contributed by atoms with van der Waals surface area (Å²) in [6.07, 6.45) is 5.37. The van der Waals surface area contributed by atoms with Crippen molar-refractivity contribution in [2.45, 2.75) is 38.8 Å². The molecule has 1 aromatic carbocycles. The zero-order valence-electron chi connectivity index (χ0n) is 19.2. The molecule has 0 unspecified atom stereocenters. The van der Waals surface area contributed by atoms with Gasteiger partial charge in [0.05, 0.1) is 6.10 Å². The maximum Gasteiger partial charge on any atom is 0.242 e. The van der Waals surface area contributed by atoms with Crippen LogP contribution in [0.25, 0.3) is 0 Å². The van der Waals surface area contributed by atoms with E-state index in [4.69, 9.17) is 4.74 Å². The summed E-state index contributed by atoms with van der Waals surface area (Å²) in [6, 6.07) is 7.57. The van der Waals surface area contributed by atoms with Gasteiger partial charge in [-0.1, -0.05) is 30.4 Å². The predicted octanol–water partition coefficient (Wildman–Crippen LogP) is 1.43. The van der Waals surface area contributed by atoms with E-state index in [1.807, 2.05) is 35.2 Å². The zero-order chi connectivity index (χ0) is 23.4. The van der Waals surface area contributed by atoms with Crippen LogP contribution in [0.4, 0.5) is 0 Å². The van der Waals surface area contributed by atoms with Crippen LogP contribution in [0.2, 0.25) is 0 Å². The second kappa shape index (κ2) is 10.4. The number of piperidine rings is 1. The maximum atomic E-state index is 13.1. The largest absolute Gasteiger partial charge is 0.489 e. The van der Waals surface area contributed by atoms with Gasteiger partial charge in [-0.3, -0.25) is 14.4 Å². The summed E-state index contributed by atoms with van der Waals surface area (Å²) >= 11 is 0. The van der Waals surface area contributed by atoms with Crippen LogP contribution in [0.3, 0.4) is 0 Å². The number of benzene rings is 1. The first kappa shape index (κ1) is 23.3. The lowest BCUT2D eigenvalue weighted by Gasteiger charge is -2.38. The summed E-state index contributed by atoms with van der Waals surface area (Å²) in [7, 11) is 0. The molecule has 3 aliphatic rings. The molecular formula is C25H33N3O5. The second-order valence-electron chi connectivity index (χ2n) is 9.26. The fraction of sp³-hybridized carbons (Fsp3) is 0.560. The highest BCUT2D eigenvalue weighted by molar-refractivity contribution is 5.84. The van der Waals surface area contributed by atoms with Gasteiger partial charge in [0.15, 0.2) is 0 Å². The van der Waals surface area contributed by atoms with E-state index in [1.54, 1.807) is 9.80 Å². The molecule has 0 spiro atoms. The van der Waals surface area contributed by atoms with E-state index >= 15 is 0 Å². The lowest BCUT2D eigenvalue weighted by Crippen LogP contribution is -2.48. The number of aliphatic hydroxyl groups excluding tert-OH is 1. The number of nitrogens with zero attached hydrogens (tertiary/aromatic N) is 3. The highest BCUT2D eigenvalue weighted by atomic mass is 16.5. The van der Waals surface area contributed by atoms with E-state index < -0.39 is 6.10 Å². The first-order valence-corrected chi connectivity index (χ1v) is 11.8. The summed E-state index contributed by atoms with van der Waals surface area (Å²) in [5.74, 6) is 0.689. The van der Waals surface area contributed by atoms with Crippen LogP contribution in [0.5, 0.6) is 5.75 Å². The minimum atomic E-state index is -0.428. The molecule has 8 heteroatoms. The average Bonchev–Trinajstić information content (AvgIpc) is 3.24. The molecule has 3 amide bonds. The lowest BCUT2D eigenvalue weighted by molar-refractivity contribution is -0.141. The van der Waals surface area contributed by atoms with Crippen molar-refractivity contribution in [3.05, 3.63) is 42.0 Å². The Morgan fingerprint density at radius 1 is 1.09 bits per heavy atom. The minimum absolute atomic E-state index is 0.0232. The van der Waals surface area contributed by atoms with Crippen LogP contribution in [-0.4, -0.2) is 83.0 Å². The normalized spacial score (nSPS) is 27.0.